The van der Waals surface area contributed by atoms with Crippen LogP contribution in [0.25, 0.3) is 0 Å². The minimum absolute atomic E-state index is 0.0435. The first-order valence-corrected chi connectivity index (χ1v) is 9.83. The van der Waals surface area contributed by atoms with Crippen LogP contribution in [0.2, 0.25) is 0 Å². The second-order valence-corrected chi connectivity index (χ2v) is 7.28. The van der Waals surface area contributed by atoms with Crippen molar-refractivity contribution in [2.45, 2.75) is 32.1 Å². The van der Waals surface area contributed by atoms with E-state index < -0.39 is 0 Å². The summed E-state index contributed by atoms with van der Waals surface area (Å²) in [7, 11) is 0. The van der Waals surface area contributed by atoms with Gasteiger partial charge in [-0.15, -0.1) is 0 Å². The van der Waals surface area contributed by atoms with Crippen LogP contribution < -0.4 is 5.32 Å². The van der Waals surface area contributed by atoms with Crippen LogP contribution in [0.4, 0.5) is 0 Å². The lowest BCUT2D eigenvalue weighted by Crippen LogP contribution is -2.41. The Hall–Kier alpha value is -2.62. The molecule has 1 aliphatic heterocycles. The number of carbonyl (C=O) groups is 2. The van der Waals surface area contributed by atoms with E-state index in [0.29, 0.717) is 12.5 Å². The summed E-state index contributed by atoms with van der Waals surface area (Å²) in [4.78, 5) is 26.3. The Kier molecular flexibility index (Phi) is 7.03. The van der Waals surface area contributed by atoms with E-state index in [1.165, 1.54) is 11.1 Å². The summed E-state index contributed by atoms with van der Waals surface area (Å²) in [6, 6.07) is 20.5. The Morgan fingerprint density at radius 1 is 0.889 bits per heavy atom. The van der Waals surface area contributed by atoms with Crippen molar-refractivity contribution in [3.8, 4) is 0 Å². The molecule has 142 valence electrons. The fourth-order valence-electron chi connectivity index (χ4n) is 3.64. The van der Waals surface area contributed by atoms with E-state index in [1.54, 1.807) is 0 Å². The second kappa shape index (κ2) is 9.91. The SMILES string of the molecule is O=C(CC(=O)N1CCC(Cc2ccccc2)CC1)NCCc1ccccc1. The predicted octanol–water partition coefficient (Wildman–Crippen LogP) is 3.22. The lowest BCUT2D eigenvalue weighted by Gasteiger charge is -2.32. The summed E-state index contributed by atoms with van der Waals surface area (Å²) in [5.74, 6) is 0.392. The molecule has 1 fully saturated rings. The fourth-order valence-corrected chi connectivity index (χ4v) is 3.64. The first-order chi connectivity index (χ1) is 13.2. The van der Waals surface area contributed by atoms with Crippen molar-refractivity contribution in [2.75, 3.05) is 19.6 Å². The van der Waals surface area contributed by atoms with Gasteiger partial charge >= 0.3 is 0 Å². The summed E-state index contributed by atoms with van der Waals surface area (Å²) in [5, 5.41) is 2.86. The number of amides is 2. The third-order valence-electron chi connectivity index (χ3n) is 5.22. The number of nitrogens with one attached hydrogen (secondary N) is 1. The molecular formula is C23H28N2O2. The maximum atomic E-state index is 12.4. The summed E-state index contributed by atoms with van der Waals surface area (Å²) >= 11 is 0. The Bertz CT molecular complexity index is 723. The van der Waals surface area contributed by atoms with Crippen LogP contribution in [0.1, 0.15) is 30.4 Å². The van der Waals surface area contributed by atoms with Crippen molar-refractivity contribution >= 4 is 11.8 Å². The molecule has 1 N–H and O–H groups in total. The summed E-state index contributed by atoms with van der Waals surface area (Å²) in [5.41, 5.74) is 2.55. The van der Waals surface area contributed by atoms with Gasteiger partial charge in [-0.2, -0.15) is 0 Å². The van der Waals surface area contributed by atoms with Crippen molar-refractivity contribution in [3.05, 3.63) is 71.8 Å². The van der Waals surface area contributed by atoms with E-state index in [2.05, 4.69) is 29.6 Å². The molecule has 0 aliphatic carbocycles. The van der Waals surface area contributed by atoms with Crippen LogP contribution in [-0.4, -0.2) is 36.3 Å². The first-order valence-electron chi connectivity index (χ1n) is 9.83. The van der Waals surface area contributed by atoms with E-state index in [-0.39, 0.29) is 18.2 Å². The monoisotopic (exact) mass is 364 g/mol. The highest BCUT2D eigenvalue weighted by atomic mass is 16.2. The number of piperidine rings is 1. The third-order valence-corrected chi connectivity index (χ3v) is 5.22. The van der Waals surface area contributed by atoms with Gasteiger partial charge in [0.05, 0.1) is 0 Å². The third kappa shape index (κ3) is 6.24. The molecular weight excluding hydrogens is 336 g/mol. The average Bonchev–Trinajstić information content (AvgIpc) is 2.70. The molecule has 0 atom stereocenters. The first kappa shape index (κ1) is 19.2. The van der Waals surface area contributed by atoms with Crippen molar-refractivity contribution in [3.63, 3.8) is 0 Å². The number of hydrogen-bond acceptors (Lipinski definition) is 2. The van der Waals surface area contributed by atoms with Gasteiger partial charge < -0.3 is 10.2 Å². The molecule has 0 unspecified atom stereocenters. The van der Waals surface area contributed by atoms with Crippen molar-refractivity contribution in [2.24, 2.45) is 5.92 Å². The molecule has 0 bridgehead atoms. The van der Waals surface area contributed by atoms with Crippen LogP contribution in [0.15, 0.2) is 60.7 Å². The van der Waals surface area contributed by atoms with Gasteiger partial charge in [0.2, 0.25) is 11.8 Å². The van der Waals surface area contributed by atoms with Crippen molar-refractivity contribution < 1.29 is 9.59 Å². The zero-order chi connectivity index (χ0) is 18.9. The number of benzene rings is 2. The number of nitrogens with zero attached hydrogens (tertiary/aromatic N) is 1. The van der Waals surface area contributed by atoms with Crippen LogP contribution in [-0.2, 0) is 22.4 Å². The van der Waals surface area contributed by atoms with Gasteiger partial charge in [0.1, 0.15) is 6.42 Å². The molecule has 1 saturated heterocycles. The molecule has 0 aromatic heterocycles. The Morgan fingerprint density at radius 2 is 1.48 bits per heavy atom. The summed E-state index contributed by atoms with van der Waals surface area (Å²) < 4.78 is 0. The molecule has 2 aromatic carbocycles. The largest absolute Gasteiger partial charge is 0.355 e. The molecule has 0 saturated carbocycles. The molecule has 2 aromatic rings. The zero-order valence-corrected chi connectivity index (χ0v) is 15.8. The molecule has 1 aliphatic rings. The quantitative estimate of drug-likeness (QED) is 0.767. The maximum absolute atomic E-state index is 12.4. The van der Waals surface area contributed by atoms with Crippen molar-refractivity contribution in [1.82, 2.24) is 10.2 Å². The molecule has 0 spiro atoms. The number of likely N-dealkylation sites (tertiary alicyclic amines) is 1. The minimum atomic E-state index is -0.178. The highest BCUT2D eigenvalue weighted by Crippen LogP contribution is 2.22. The van der Waals surface area contributed by atoms with E-state index >= 15 is 0 Å². The smallest absolute Gasteiger partial charge is 0.232 e. The van der Waals surface area contributed by atoms with Gasteiger partial charge in [0.15, 0.2) is 0 Å². The van der Waals surface area contributed by atoms with E-state index in [4.69, 9.17) is 0 Å². The number of hydrogen-bond donors (Lipinski definition) is 1. The van der Waals surface area contributed by atoms with Crippen LogP contribution in [0.3, 0.4) is 0 Å². The molecule has 2 amide bonds. The van der Waals surface area contributed by atoms with Gasteiger partial charge in [-0.1, -0.05) is 60.7 Å². The minimum Gasteiger partial charge on any atom is -0.355 e. The molecule has 4 nitrogen and oxygen atoms in total. The molecule has 1 heterocycles. The lowest BCUT2D eigenvalue weighted by atomic mass is 9.90. The van der Waals surface area contributed by atoms with E-state index in [9.17, 15) is 9.59 Å². The standard InChI is InChI=1S/C23H28N2O2/c26-22(24-14-11-19-7-3-1-4-8-19)18-23(27)25-15-12-21(13-16-25)17-20-9-5-2-6-10-20/h1-10,21H,11-18H2,(H,24,26). The van der Waals surface area contributed by atoms with E-state index in [1.807, 2.05) is 41.3 Å². The molecule has 0 radical (unpaired) electrons. The van der Waals surface area contributed by atoms with Gasteiger partial charge in [-0.25, -0.2) is 0 Å². The molecule has 4 heteroatoms. The van der Waals surface area contributed by atoms with Crippen LogP contribution in [0, 0.1) is 5.92 Å². The van der Waals surface area contributed by atoms with Gasteiger partial charge in [-0.3, -0.25) is 9.59 Å². The van der Waals surface area contributed by atoms with E-state index in [0.717, 1.165) is 38.8 Å². The van der Waals surface area contributed by atoms with Gasteiger partial charge in [-0.05, 0) is 42.7 Å². The summed E-state index contributed by atoms with van der Waals surface area (Å²) in [6.07, 6.45) is 3.83. The Labute approximate surface area is 161 Å². The highest BCUT2D eigenvalue weighted by Gasteiger charge is 2.24. The maximum Gasteiger partial charge on any atom is 0.232 e. The topological polar surface area (TPSA) is 49.4 Å². The predicted molar refractivity (Wildman–Crippen MR) is 107 cm³/mol. The molecule has 27 heavy (non-hydrogen) atoms. The van der Waals surface area contributed by atoms with Gasteiger partial charge in [0.25, 0.3) is 0 Å². The van der Waals surface area contributed by atoms with Gasteiger partial charge in [0, 0.05) is 19.6 Å². The Morgan fingerprint density at radius 3 is 2.11 bits per heavy atom. The molecule has 3 rings (SSSR count). The normalized spacial score (nSPS) is 14.7. The summed E-state index contributed by atoms with van der Waals surface area (Å²) in [6.45, 7) is 2.08. The number of carbonyl (C=O) groups excluding carboxylic acids is 2. The average molecular weight is 364 g/mol. The fraction of sp³-hybridized carbons (Fsp3) is 0.391. The zero-order valence-electron chi connectivity index (χ0n) is 15.8. The van der Waals surface area contributed by atoms with Crippen LogP contribution in [0.5, 0.6) is 0 Å². The second-order valence-electron chi connectivity index (χ2n) is 7.28. The lowest BCUT2D eigenvalue weighted by molar-refractivity contribution is -0.137. The van der Waals surface area contributed by atoms with Crippen LogP contribution >= 0.6 is 0 Å². The Balaban J connectivity index is 1.34. The van der Waals surface area contributed by atoms with Crippen molar-refractivity contribution in [1.29, 1.82) is 0 Å². The highest BCUT2D eigenvalue weighted by molar-refractivity contribution is 5.96. The number of rotatable bonds is 7.